The highest BCUT2D eigenvalue weighted by Crippen LogP contribution is 2.27. The van der Waals surface area contributed by atoms with E-state index >= 15 is 0 Å². The minimum atomic E-state index is -0.295. The first kappa shape index (κ1) is 12.4. The zero-order valence-electron chi connectivity index (χ0n) is 10.3. The van der Waals surface area contributed by atoms with Crippen LogP contribution in [0.25, 0.3) is 0 Å². The standard InChI is InChI=1S/C12H18N2O2S/c1-8-10(11(15)16-2)17-12(13-8)14-9-6-4-3-5-7-9/h9H,3-7H2,1-2H3,(H,13,14). The fourth-order valence-corrected chi connectivity index (χ4v) is 3.12. The number of methoxy groups -OCH3 is 1. The number of aromatic nitrogens is 1. The number of aryl methyl sites for hydroxylation is 1. The number of ether oxygens (including phenoxy) is 1. The molecule has 5 heteroatoms. The molecular formula is C12H18N2O2S. The van der Waals surface area contributed by atoms with Crippen LogP contribution in [-0.2, 0) is 4.74 Å². The molecule has 0 bridgehead atoms. The molecule has 0 saturated heterocycles. The van der Waals surface area contributed by atoms with Gasteiger partial charge in [-0.25, -0.2) is 9.78 Å². The van der Waals surface area contributed by atoms with Crippen LogP contribution in [-0.4, -0.2) is 24.1 Å². The number of nitrogens with zero attached hydrogens (tertiary/aromatic N) is 1. The summed E-state index contributed by atoms with van der Waals surface area (Å²) >= 11 is 1.39. The lowest BCUT2D eigenvalue weighted by Crippen LogP contribution is -2.21. The largest absolute Gasteiger partial charge is 0.465 e. The molecule has 1 aliphatic carbocycles. The molecule has 17 heavy (non-hydrogen) atoms. The van der Waals surface area contributed by atoms with Crippen molar-refractivity contribution in [1.82, 2.24) is 4.98 Å². The van der Waals surface area contributed by atoms with Gasteiger partial charge in [0.1, 0.15) is 4.88 Å². The van der Waals surface area contributed by atoms with Crippen LogP contribution in [0.15, 0.2) is 0 Å². The van der Waals surface area contributed by atoms with Crippen LogP contribution in [0, 0.1) is 6.92 Å². The van der Waals surface area contributed by atoms with E-state index in [9.17, 15) is 4.79 Å². The summed E-state index contributed by atoms with van der Waals surface area (Å²) in [6.45, 7) is 1.84. The molecule has 1 heterocycles. The minimum Gasteiger partial charge on any atom is -0.465 e. The van der Waals surface area contributed by atoms with E-state index in [1.807, 2.05) is 6.92 Å². The highest BCUT2D eigenvalue weighted by Gasteiger charge is 2.18. The van der Waals surface area contributed by atoms with Gasteiger partial charge in [-0.15, -0.1) is 0 Å². The maximum absolute atomic E-state index is 11.5. The second kappa shape index (κ2) is 5.49. The summed E-state index contributed by atoms with van der Waals surface area (Å²) in [5.74, 6) is -0.295. The predicted molar refractivity (Wildman–Crippen MR) is 68.7 cm³/mol. The Bertz CT molecular complexity index is 397. The maximum Gasteiger partial charge on any atom is 0.350 e. The fraction of sp³-hybridized carbons (Fsp3) is 0.667. The Morgan fingerprint density at radius 2 is 2.12 bits per heavy atom. The predicted octanol–water partition coefficient (Wildman–Crippen LogP) is 2.98. The first-order valence-electron chi connectivity index (χ1n) is 6.03. The van der Waals surface area contributed by atoms with E-state index in [0.29, 0.717) is 10.9 Å². The monoisotopic (exact) mass is 254 g/mol. The second-order valence-corrected chi connectivity index (χ2v) is 5.40. The molecule has 0 aliphatic heterocycles. The Balaban J connectivity index is 2.03. The van der Waals surface area contributed by atoms with Crippen LogP contribution in [0.4, 0.5) is 5.13 Å². The van der Waals surface area contributed by atoms with Crippen molar-refractivity contribution in [2.75, 3.05) is 12.4 Å². The van der Waals surface area contributed by atoms with E-state index in [2.05, 4.69) is 10.3 Å². The normalized spacial score (nSPS) is 16.8. The Hall–Kier alpha value is -1.10. The number of esters is 1. The van der Waals surface area contributed by atoms with E-state index in [-0.39, 0.29) is 5.97 Å². The van der Waals surface area contributed by atoms with Crippen molar-refractivity contribution >= 4 is 22.4 Å². The van der Waals surface area contributed by atoms with Gasteiger partial charge in [0.05, 0.1) is 12.8 Å². The lowest BCUT2D eigenvalue weighted by Gasteiger charge is -2.22. The first-order valence-corrected chi connectivity index (χ1v) is 6.84. The zero-order chi connectivity index (χ0) is 12.3. The average molecular weight is 254 g/mol. The van der Waals surface area contributed by atoms with Gasteiger partial charge in [-0.3, -0.25) is 0 Å². The number of anilines is 1. The van der Waals surface area contributed by atoms with Gasteiger partial charge in [-0.1, -0.05) is 30.6 Å². The Labute approximate surface area is 105 Å². The van der Waals surface area contributed by atoms with E-state index in [1.54, 1.807) is 0 Å². The van der Waals surface area contributed by atoms with Crippen molar-refractivity contribution in [3.63, 3.8) is 0 Å². The number of carbonyl (C=O) groups is 1. The molecule has 1 aromatic rings. The zero-order valence-corrected chi connectivity index (χ0v) is 11.1. The summed E-state index contributed by atoms with van der Waals surface area (Å²) in [7, 11) is 1.40. The lowest BCUT2D eigenvalue weighted by atomic mass is 9.96. The van der Waals surface area contributed by atoms with Gasteiger partial charge in [0.25, 0.3) is 0 Å². The second-order valence-electron chi connectivity index (χ2n) is 4.40. The van der Waals surface area contributed by atoms with E-state index in [4.69, 9.17) is 4.74 Å². The molecule has 4 nitrogen and oxygen atoms in total. The quantitative estimate of drug-likeness (QED) is 0.842. The van der Waals surface area contributed by atoms with Crippen LogP contribution in [0.5, 0.6) is 0 Å². The summed E-state index contributed by atoms with van der Waals surface area (Å²) in [5.41, 5.74) is 0.750. The van der Waals surface area contributed by atoms with E-state index < -0.39 is 0 Å². The molecule has 0 amide bonds. The molecule has 2 rings (SSSR count). The summed E-state index contributed by atoms with van der Waals surface area (Å²) in [5, 5.41) is 4.26. The molecule has 0 radical (unpaired) electrons. The smallest absolute Gasteiger partial charge is 0.350 e. The third-order valence-electron chi connectivity index (χ3n) is 3.10. The van der Waals surface area contributed by atoms with Gasteiger partial charge in [-0.2, -0.15) is 0 Å². The van der Waals surface area contributed by atoms with Crippen LogP contribution < -0.4 is 5.32 Å². The molecule has 0 aromatic carbocycles. The van der Waals surface area contributed by atoms with Crippen molar-refractivity contribution in [2.45, 2.75) is 45.1 Å². The Morgan fingerprint density at radius 3 is 2.76 bits per heavy atom. The van der Waals surface area contributed by atoms with Crippen LogP contribution in [0.3, 0.4) is 0 Å². The SMILES string of the molecule is COC(=O)c1sc(NC2CCCCC2)nc1C. The molecule has 0 unspecified atom stereocenters. The number of hydrogen-bond donors (Lipinski definition) is 1. The summed E-state index contributed by atoms with van der Waals surface area (Å²) in [6.07, 6.45) is 6.30. The Morgan fingerprint density at radius 1 is 1.41 bits per heavy atom. The molecule has 0 atom stereocenters. The van der Waals surface area contributed by atoms with Gasteiger partial charge >= 0.3 is 5.97 Å². The van der Waals surface area contributed by atoms with Crippen LogP contribution in [0.2, 0.25) is 0 Å². The lowest BCUT2D eigenvalue weighted by molar-refractivity contribution is 0.0605. The Kier molecular flexibility index (Phi) is 3.99. The molecule has 1 N–H and O–H groups in total. The summed E-state index contributed by atoms with van der Waals surface area (Å²) in [4.78, 5) is 16.4. The summed E-state index contributed by atoms with van der Waals surface area (Å²) in [6, 6.07) is 0.514. The molecule has 1 aliphatic rings. The van der Waals surface area contributed by atoms with Gasteiger partial charge in [0.15, 0.2) is 5.13 Å². The maximum atomic E-state index is 11.5. The van der Waals surface area contributed by atoms with Crippen molar-refractivity contribution in [3.05, 3.63) is 10.6 Å². The molecule has 0 spiro atoms. The van der Waals surface area contributed by atoms with Gasteiger partial charge < -0.3 is 10.1 Å². The average Bonchev–Trinajstić information content (AvgIpc) is 2.70. The topological polar surface area (TPSA) is 51.2 Å². The molecule has 94 valence electrons. The molecule has 1 aromatic heterocycles. The first-order chi connectivity index (χ1) is 8.20. The van der Waals surface area contributed by atoms with E-state index in [0.717, 1.165) is 10.8 Å². The number of hydrogen-bond acceptors (Lipinski definition) is 5. The van der Waals surface area contributed by atoms with E-state index in [1.165, 1.54) is 50.6 Å². The fourth-order valence-electron chi connectivity index (χ4n) is 2.16. The van der Waals surface area contributed by atoms with Gasteiger partial charge in [-0.05, 0) is 19.8 Å². The van der Waals surface area contributed by atoms with Crippen molar-refractivity contribution < 1.29 is 9.53 Å². The van der Waals surface area contributed by atoms with Gasteiger partial charge in [0.2, 0.25) is 0 Å². The van der Waals surface area contributed by atoms with Crippen LogP contribution >= 0.6 is 11.3 Å². The van der Waals surface area contributed by atoms with Crippen LogP contribution in [0.1, 0.15) is 47.5 Å². The number of thiazole rings is 1. The number of carbonyl (C=O) groups excluding carboxylic acids is 1. The van der Waals surface area contributed by atoms with Crippen molar-refractivity contribution in [2.24, 2.45) is 0 Å². The van der Waals surface area contributed by atoms with Crippen molar-refractivity contribution in [1.29, 1.82) is 0 Å². The molecule has 1 fully saturated rings. The van der Waals surface area contributed by atoms with Crippen molar-refractivity contribution in [3.8, 4) is 0 Å². The minimum absolute atomic E-state index is 0.295. The molecular weight excluding hydrogens is 236 g/mol. The number of rotatable bonds is 3. The highest BCUT2D eigenvalue weighted by atomic mass is 32.1. The highest BCUT2D eigenvalue weighted by molar-refractivity contribution is 7.17. The third-order valence-corrected chi connectivity index (χ3v) is 4.17. The number of nitrogens with one attached hydrogen (secondary N) is 1. The third kappa shape index (κ3) is 2.97. The molecule has 1 saturated carbocycles. The van der Waals surface area contributed by atoms with Gasteiger partial charge in [0, 0.05) is 6.04 Å². The summed E-state index contributed by atoms with van der Waals surface area (Å²) < 4.78 is 4.72.